The molecule has 0 saturated carbocycles. The van der Waals surface area contributed by atoms with Gasteiger partial charge in [0.1, 0.15) is 11.2 Å². The number of rotatable bonds is 2. The fraction of sp³-hybridized carbons (Fsp3) is 0.0909. The number of para-hydroxylation sites is 1. The molecule has 272 valence electrons. The van der Waals surface area contributed by atoms with Crippen LogP contribution in [0.5, 0.6) is 0 Å². The zero-order valence-electron chi connectivity index (χ0n) is 31.6. The van der Waals surface area contributed by atoms with E-state index in [1.807, 2.05) is 11.3 Å². The zero-order valence-corrected chi connectivity index (χ0v) is 32.4. The van der Waals surface area contributed by atoms with Gasteiger partial charge in [-0.1, -0.05) is 127 Å². The summed E-state index contributed by atoms with van der Waals surface area (Å²) in [6.45, 7) is 0. The second-order valence-corrected chi connectivity index (χ2v) is 17.6. The molecule has 0 radical (unpaired) electrons. The highest BCUT2D eigenvalue weighted by atomic mass is 32.1. The van der Waals surface area contributed by atoms with E-state index in [2.05, 4.69) is 181 Å². The standard InChI is InChI=1S/C55H35NOS/c1-6-17-42-34(12-1)35-13-2-7-18-43(35)55(42)44-19-8-3-14-36(44)37-26-24-33(31-45(37)55)32-25-28-48-41(30-32)52-47(21-11-22-49(52)57-48)56-46-20-9-4-15-38(46)39-27-29-51-53(54(39)56)40-16-5-10-23-50(40)58-51/h1,3-12,14-31,39,54H,2,13H2. The van der Waals surface area contributed by atoms with Crippen molar-refractivity contribution in [1.29, 1.82) is 0 Å². The van der Waals surface area contributed by atoms with Gasteiger partial charge in [0, 0.05) is 32.1 Å². The van der Waals surface area contributed by atoms with Crippen LogP contribution in [-0.4, -0.2) is 0 Å². The molecule has 4 aliphatic carbocycles. The number of thiophene rings is 1. The van der Waals surface area contributed by atoms with Gasteiger partial charge in [-0.15, -0.1) is 11.3 Å². The fourth-order valence-electron chi connectivity index (χ4n) is 11.7. The molecule has 0 amide bonds. The largest absolute Gasteiger partial charge is 0.456 e. The summed E-state index contributed by atoms with van der Waals surface area (Å²) in [4.78, 5) is 3.99. The van der Waals surface area contributed by atoms with E-state index in [1.165, 1.54) is 98.5 Å². The Labute approximate surface area is 340 Å². The SMILES string of the molecule is C1=CC2=C(CC1)c1ccccc1C21c2ccccc2-c2ccc(-c3ccc4oc5cccc(N6c7ccccc7C7C=Cc8sc9ccccc9c8C76)c5c4c3)cc21. The highest BCUT2D eigenvalue weighted by Gasteiger charge is 2.52. The maximum atomic E-state index is 6.73. The molecular weight excluding hydrogens is 723 g/mol. The molecule has 5 aliphatic rings. The van der Waals surface area contributed by atoms with Crippen LogP contribution in [0.2, 0.25) is 0 Å². The minimum Gasteiger partial charge on any atom is -0.456 e. The first-order valence-electron chi connectivity index (χ1n) is 20.6. The minimum atomic E-state index is -0.330. The molecule has 3 heterocycles. The van der Waals surface area contributed by atoms with E-state index in [-0.39, 0.29) is 17.4 Å². The molecule has 14 rings (SSSR count). The molecule has 2 nitrogen and oxygen atoms in total. The molecule has 0 bridgehead atoms. The van der Waals surface area contributed by atoms with Gasteiger partial charge in [-0.25, -0.2) is 0 Å². The topological polar surface area (TPSA) is 16.4 Å². The average molecular weight is 758 g/mol. The van der Waals surface area contributed by atoms with Crippen molar-refractivity contribution in [2.45, 2.75) is 30.2 Å². The van der Waals surface area contributed by atoms with Crippen molar-refractivity contribution in [2.75, 3.05) is 4.90 Å². The molecule has 0 N–H and O–H groups in total. The number of hydrogen-bond acceptors (Lipinski definition) is 3. The summed E-state index contributed by atoms with van der Waals surface area (Å²) in [6.07, 6.45) is 11.8. The van der Waals surface area contributed by atoms with Gasteiger partial charge < -0.3 is 9.32 Å². The van der Waals surface area contributed by atoms with Crippen LogP contribution in [0, 0.1) is 0 Å². The summed E-state index contributed by atoms with van der Waals surface area (Å²) in [7, 11) is 0. The molecule has 7 aromatic carbocycles. The van der Waals surface area contributed by atoms with E-state index in [9.17, 15) is 0 Å². The molecule has 1 spiro atoms. The summed E-state index contributed by atoms with van der Waals surface area (Å²) >= 11 is 1.91. The average Bonchev–Trinajstić information content (AvgIpc) is 4.07. The van der Waals surface area contributed by atoms with Crippen molar-refractivity contribution < 1.29 is 4.42 Å². The van der Waals surface area contributed by atoms with Crippen LogP contribution in [0.25, 0.3) is 65.9 Å². The van der Waals surface area contributed by atoms with E-state index in [0.717, 1.165) is 29.4 Å². The van der Waals surface area contributed by atoms with Gasteiger partial charge in [0.2, 0.25) is 0 Å². The van der Waals surface area contributed by atoms with Gasteiger partial charge in [-0.05, 0) is 128 Å². The van der Waals surface area contributed by atoms with Crippen molar-refractivity contribution in [3.05, 3.63) is 214 Å². The van der Waals surface area contributed by atoms with Crippen molar-refractivity contribution in [2.24, 2.45) is 0 Å². The summed E-state index contributed by atoms with van der Waals surface area (Å²) < 4.78 is 8.08. The summed E-state index contributed by atoms with van der Waals surface area (Å²) in [5, 5.41) is 3.68. The Morgan fingerprint density at radius 2 is 1.36 bits per heavy atom. The lowest BCUT2D eigenvalue weighted by Crippen LogP contribution is -2.27. The van der Waals surface area contributed by atoms with Gasteiger partial charge in [-0.2, -0.15) is 0 Å². The third-order valence-corrected chi connectivity index (χ3v) is 15.1. The van der Waals surface area contributed by atoms with Gasteiger partial charge in [-0.3, -0.25) is 0 Å². The van der Waals surface area contributed by atoms with Crippen molar-refractivity contribution in [3.8, 4) is 22.3 Å². The molecule has 0 saturated heterocycles. The molecule has 3 atom stereocenters. The Morgan fingerprint density at radius 1 is 0.603 bits per heavy atom. The number of furan rings is 1. The van der Waals surface area contributed by atoms with Crippen LogP contribution >= 0.6 is 11.3 Å². The third kappa shape index (κ3) is 3.83. The predicted molar refractivity (Wildman–Crippen MR) is 241 cm³/mol. The van der Waals surface area contributed by atoms with Gasteiger partial charge in [0.15, 0.2) is 0 Å². The lowest BCUT2D eigenvalue weighted by atomic mass is 9.69. The Hall–Kier alpha value is -6.68. The highest BCUT2D eigenvalue weighted by molar-refractivity contribution is 7.20. The quantitative estimate of drug-likeness (QED) is 0.175. The van der Waals surface area contributed by atoms with Crippen LogP contribution in [0.4, 0.5) is 11.4 Å². The van der Waals surface area contributed by atoms with Crippen molar-refractivity contribution >= 4 is 66.4 Å². The van der Waals surface area contributed by atoms with Crippen LogP contribution in [0.15, 0.2) is 180 Å². The van der Waals surface area contributed by atoms with Gasteiger partial charge in [0.05, 0.1) is 22.5 Å². The van der Waals surface area contributed by atoms with E-state index in [0.29, 0.717) is 0 Å². The number of nitrogens with zero attached hydrogens (tertiary/aromatic N) is 1. The lowest BCUT2D eigenvalue weighted by Gasteiger charge is -2.32. The van der Waals surface area contributed by atoms with Crippen LogP contribution in [0.1, 0.15) is 63.1 Å². The lowest BCUT2D eigenvalue weighted by molar-refractivity contribution is 0.666. The van der Waals surface area contributed by atoms with Crippen molar-refractivity contribution in [3.63, 3.8) is 0 Å². The van der Waals surface area contributed by atoms with Crippen LogP contribution in [0.3, 0.4) is 0 Å². The normalized spacial score (nSPS) is 20.4. The Kier molecular flexibility index (Phi) is 6.09. The summed E-state index contributed by atoms with van der Waals surface area (Å²) in [5.41, 5.74) is 20.5. The minimum absolute atomic E-state index is 0.143. The second kappa shape index (κ2) is 11.2. The first-order valence-corrected chi connectivity index (χ1v) is 21.4. The molecule has 0 fully saturated rings. The Morgan fingerprint density at radius 3 is 2.31 bits per heavy atom. The van der Waals surface area contributed by atoms with Gasteiger partial charge >= 0.3 is 0 Å². The summed E-state index contributed by atoms with van der Waals surface area (Å²) in [6, 6.07) is 57.1. The summed E-state index contributed by atoms with van der Waals surface area (Å²) in [5.74, 6) is 0.254. The number of hydrogen-bond donors (Lipinski definition) is 0. The first-order chi connectivity index (χ1) is 28.8. The number of anilines is 2. The fourth-order valence-corrected chi connectivity index (χ4v) is 12.9. The van der Waals surface area contributed by atoms with E-state index >= 15 is 0 Å². The van der Waals surface area contributed by atoms with Crippen LogP contribution in [-0.2, 0) is 5.41 Å². The van der Waals surface area contributed by atoms with Crippen molar-refractivity contribution in [1.82, 2.24) is 0 Å². The molecule has 3 unspecified atom stereocenters. The first kappa shape index (κ1) is 31.4. The highest BCUT2D eigenvalue weighted by Crippen LogP contribution is 2.64. The molecule has 2 aromatic heterocycles. The molecular formula is C55H35NOS. The number of benzene rings is 7. The maximum absolute atomic E-state index is 6.73. The number of fused-ring (bicyclic) bond motifs is 19. The Bertz CT molecular complexity index is 3390. The third-order valence-electron chi connectivity index (χ3n) is 13.9. The molecule has 58 heavy (non-hydrogen) atoms. The van der Waals surface area contributed by atoms with E-state index in [4.69, 9.17) is 4.42 Å². The Balaban J connectivity index is 0.980. The zero-order chi connectivity index (χ0) is 37.7. The van der Waals surface area contributed by atoms with E-state index in [1.54, 1.807) is 0 Å². The smallest absolute Gasteiger partial charge is 0.137 e. The number of allylic oxidation sites excluding steroid dienone is 4. The second-order valence-electron chi connectivity index (χ2n) is 16.5. The maximum Gasteiger partial charge on any atom is 0.137 e. The van der Waals surface area contributed by atoms with Gasteiger partial charge in [0.25, 0.3) is 0 Å². The monoisotopic (exact) mass is 757 g/mol. The predicted octanol–water partition coefficient (Wildman–Crippen LogP) is 14.9. The molecule has 1 aliphatic heterocycles. The van der Waals surface area contributed by atoms with Crippen LogP contribution < -0.4 is 4.90 Å². The van der Waals surface area contributed by atoms with E-state index < -0.39 is 0 Å². The molecule has 9 aromatic rings. The molecule has 3 heteroatoms.